The number of rotatable bonds is 2. The third kappa shape index (κ3) is 11.4. The van der Waals surface area contributed by atoms with Crippen LogP contribution in [0.3, 0.4) is 0 Å². The molecule has 0 bridgehead atoms. The molecule has 1 unspecified atom stereocenters. The Labute approximate surface area is 61.0 Å². The molecule has 0 aliphatic heterocycles. The van der Waals surface area contributed by atoms with Gasteiger partial charge in [0.05, 0.1) is 0 Å². The van der Waals surface area contributed by atoms with Gasteiger partial charge >= 0.3 is 0 Å². The summed E-state index contributed by atoms with van der Waals surface area (Å²) in [5, 5.41) is 0. The summed E-state index contributed by atoms with van der Waals surface area (Å²) in [4.78, 5) is 0. The minimum Gasteiger partial charge on any atom is -0.0914 e. The van der Waals surface area contributed by atoms with E-state index in [9.17, 15) is 0 Å². The Morgan fingerprint density at radius 1 is 1.33 bits per heavy atom. The van der Waals surface area contributed by atoms with Crippen LogP contribution >= 0.6 is 0 Å². The summed E-state index contributed by atoms with van der Waals surface area (Å²) in [5.41, 5.74) is 0. The fourth-order valence-corrected chi connectivity index (χ4v) is 0.465. The molecule has 0 aliphatic carbocycles. The van der Waals surface area contributed by atoms with Crippen molar-refractivity contribution in [3.05, 3.63) is 12.2 Å². The summed E-state index contributed by atoms with van der Waals surface area (Å²) in [7, 11) is 0. The quantitative estimate of drug-likeness (QED) is 0.498. The molecule has 0 aromatic heterocycles. The zero-order chi connectivity index (χ0) is 5.70. The summed E-state index contributed by atoms with van der Waals surface area (Å²) in [6.45, 7) is 6.48. The van der Waals surface area contributed by atoms with E-state index in [0.29, 0.717) is 0 Å². The highest BCUT2D eigenvalue weighted by Gasteiger charge is 1.85. The molecule has 0 heteroatoms. The van der Waals surface area contributed by atoms with Crippen LogP contribution in [0.25, 0.3) is 0 Å². The topological polar surface area (TPSA) is 0 Å². The van der Waals surface area contributed by atoms with E-state index in [1.165, 1.54) is 6.42 Å². The second kappa shape index (κ2) is 10.7. The van der Waals surface area contributed by atoms with Gasteiger partial charge in [0.25, 0.3) is 0 Å². The largest absolute Gasteiger partial charge is 0.0914 e. The second-order valence-electron chi connectivity index (χ2n) is 1.91. The van der Waals surface area contributed by atoms with Crippen LogP contribution in [-0.4, -0.2) is 0 Å². The molecule has 0 rings (SSSR count). The molecular weight excluding hydrogens is 108 g/mol. The fourth-order valence-electron chi connectivity index (χ4n) is 0.465. The minimum atomic E-state index is 0. The van der Waals surface area contributed by atoms with Gasteiger partial charge < -0.3 is 0 Å². The molecule has 0 N–H and O–H groups in total. The van der Waals surface area contributed by atoms with E-state index >= 15 is 0 Å². The lowest BCUT2D eigenvalue weighted by Crippen LogP contribution is -1.81. The molecule has 0 heterocycles. The van der Waals surface area contributed by atoms with Crippen LogP contribution in [0.5, 0.6) is 0 Å². The molecule has 0 amide bonds. The Hall–Kier alpha value is -0.260. The Balaban J connectivity index is -0.000000180. The highest BCUT2D eigenvalue weighted by molar-refractivity contribution is 4.81. The fraction of sp³-hybridized carbons (Fsp3) is 0.778. The van der Waals surface area contributed by atoms with Crippen LogP contribution in [0.15, 0.2) is 12.2 Å². The van der Waals surface area contributed by atoms with Gasteiger partial charge in [-0.2, -0.15) is 0 Å². The highest BCUT2D eigenvalue weighted by atomic mass is 13.9. The molecule has 9 heavy (non-hydrogen) atoms. The van der Waals surface area contributed by atoms with Crippen molar-refractivity contribution in [3.63, 3.8) is 0 Å². The second-order valence-corrected chi connectivity index (χ2v) is 1.91. The molecule has 0 fully saturated rings. The van der Waals surface area contributed by atoms with Gasteiger partial charge in [0.1, 0.15) is 0 Å². The molecule has 0 aromatic rings. The summed E-state index contributed by atoms with van der Waals surface area (Å²) >= 11 is 0. The van der Waals surface area contributed by atoms with Crippen LogP contribution in [0.1, 0.15) is 42.0 Å². The molecule has 0 saturated heterocycles. The van der Waals surface area contributed by atoms with Crippen LogP contribution < -0.4 is 0 Å². The van der Waals surface area contributed by atoms with E-state index in [4.69, 9.17) is 0 Å². The van der Waals surface area contributed by atoms with Gasteiger partial charge in [-0.15, -0.1) is 0 Å². The molecule has 58 valence electrons. The Morgan fingerprint density at radius 2 is 1.78 bits per heavy atom. The van der Waals surface area contributed by atoms with Gasteiger partial charge in [-0.3, -0.25) is 0 Å². The first-order valence-corrected chi connectivity index (χ1v) is 2.94. The molecular formula is C9H22. The maximum Gasteiger partial charge on any atom is -0.0265 e. The average Bonchev–Trinajstić information content (AvgIpc) is 1.68. The average molecular weight is 130 g/mol. The predicted molar refractivity (Wildman–Crippen MR) is 47.7 cm³/mol. The number of hydrogen-bond acceptors (Lipinski definition) is 0. The summed E-state index contributed by atoms with van der Waals surface area (Å²) in [5.74, 6) is 0.769. The van der Waals surface area contributed by atoms with Crippen LogP contribution in [-0.2, 0) is 0 Å². The van der Waals surface area contributed by atoms with Crippen molar-refractivity contribution in [2.75, 3.05) is 0 Å². The molecule has 0 radical (unpaired) electrons. The molecule has 1 atom stereocenters. The lowest BCUT2D eigenvalue weighted by Gasteiger charge is -1.95. The summed E-state index contributed by atoms with van der Waals surface area (Å²) < 4.78 is 0. The SMILES string of the molecule is C.C.CC=CC(C)CC. The van der Waals surface area contributed by atoms with Crippen LogP contribution in [0, 0.1) is 5.92 Å². The number of hydrogen-bond donors (Lipinski definition) is 0. The van der Waals surface area contributed by atoms with E-state index in [1.54, 1.807) is 0 Å². The Kier molecular flexibility index (Phi) is 18.8. The van der Waals surface area contributed by atoms with Crippen molar-refractivity contribution in [2.24, 2.45) is 5.92 Å². The first kappa shape index (κ1) is 15.9. The lowest BCUT2D eigenvalue weighted by molar-refractivity contribution is 0.697. The zero-order valence-corrected chi connectivity index (χ0v) is 5.44. The normalized spacial score (nSPS) is 11.9. The van der Waals surface area contributed by atoms with Crippen molar-refractivity contribution < 1.29 is 0 Å². The van der Waals surface area contributed by atoms with Gasteiger partial charge in [-0.1, -0.05) is 47.3 Å². The van der Waals surface area contributed by atoms with Crippen LogP contribution in [0.2, 0.25) is 0 Å². The molecule has 0 aliphatic rings. The maximum absolute atomic E-state index is 2.22. The van der Waals surface area contributed by atoms with E-state index in [-0.39, 0.29) is 14.9 Å². The van der Waals surface area contributed by atoms with Gasteiger partial charge in [-0.25, -0.2) is 0 Å². The van der Waals surface area contributed by atoms with Crippen molar-refractivity contribution in [3.8, 4) is 0 Å². The maximum atomic E-state index is 2.22. The van der Waals surface area contributed by atoms with E-state index in [1.807, 2.05) is 0 Å². The van der Waals surface area contributed by atoms with Crippen molar-refractivity contribution in [1.82, 2.24) is 0 Å². The zero-order valence-electron chi connectivity index (χ0n) is 5.44. The lowest BCUT2D eigenvalue weighted by atomic mass is 10.1. The van der Waals surface area contributed by atoms with Crippen molar-refractivity contribution in [1.29, 1.82) is 0 Å². The summed E-state index contributed by atoms with van der Waals surface area (Å²) in [6, 6.07) is 0. The predicted octanol–water partition coefficient (Wildman–Crippen LogP) is 3.88. The standard InChI is InChI=1S/C7H14.2CH4/c1-4-6-7(3)5-2;;/h4,6-7H,5H2,1-3H3;2*1H4. The molecule has 0 aromatic carbocycles. The number of allylic oxidation sites excluding steroid dienone is 2. The van der Waals surface area contributed by atoms with Gasteiger partial charge in [0.15, 0.2) is 0 Å². The van der Waals surface area contributed by atoms with Gasteiger partial charge in [0.2, 0.25) is 0 Å². The molecule has 0 nitrogen and oxygen atoms in total. The molecule has 0 saturated carbocycles. The van der Waals surface area contributed by atoms with E-state index < -0.39 is 0 Å². The van der Waals surface area contributed by atoms with Crippen molar-refractivity contribution in [2.45, 2.75) is 42.0 Å². The van der Waals surface area contributed by atoms with Gasteiger partial charge in [-0.05, 0) is 12.8 Å². The Bertz CT molecular complexity index is 53.1. The van der Waals surface area contributed by atoms with Gasteiger partial charge in [0, 0.05) is 0 Å². The highest BCUT2D eigenvalue weighted by Crippen LogP contribution is 2.00. The third-order valence-corrected chi connectivity index (χ3v) is 1.16. The Morgan fingerprint density at radius 3 is 1.89 bits per heavy atom. The minimum absolute atomic E-state index is 0. The van der Waals surface area contributed by atoms with E-state index in [2.05, 4.69) is 32.9 Å². The monoisotopic (exact) mass is 130 g/mol. The van der Waals surface area contributed by atoms with Crippen LogP contribution in [0.4, 0.5) is 0 Å². The summed E-state index contributed by atoms with van der Waals surface area (Å²) in [6.07, 6.45) is 5.58. The smallest absolute Gasteiger partial charge is 0.0265 e. The third-order valence-electron chi connectivity index (χ3n) is 1.16. The molecule has 0 spiro atoms. The van der Waals surface area contributed by atoms with Crippen molar-refractivity contribution >= 4 is 0 Å². The first-order valence-electron chi connectivity index (χ1n) is 2.94. The van der Waals surface area contributed by atoms with E-state index in [0.717, 1.165) is 5.92 Å². The first-order chi connectivity index (χ1) is 3.31.